The average molecular weight is 234 g/mol. The molecule has 0 amide bonds. The number of primary sulfonamides is 1. The van der Waals surface area contributed by atoms with E-state index in [0.29, 0.717) is 5.56 Å². The number of nitrogens with two attached hydrogens (primary N) is 1. The zero-order valence-electron chi connectivity index (χ0n) is 7.32. The lowest BCUT2D eigenvalue weighted by atomic mass is 10.1. The van der Waals surface area contributed by atoms with Gasteiger partial charge in [-0.1, -0.05) is 6.07 Å². The largest absolute Gasteiger partial charge is 0.276 e. The average Bonchev–Trinajstić information content (AvgIpc) is 2.02. The normalized spacial score (nSPS) is 11.4. The highest BCUT2D eigenvalue weighted by molar-refractivity contribution is 7.89. The molecule has 1 rings (SSSR count). The fraction of sp³-hybridized carbons (Fsp3) is 0.125. The van der Waals surface area contributed by atoms with Crippen molar-refractivity contribution in [1.82, 2.24) is 0 Å². The van der Waals surface area contributed by atoms with Crippen LogP contribution in [0, 0.1) is 6.92 Å². The molecule has 0 aliphatic carbocycles. The third kappa shape index (κ3) is 2.31. The molecular formula is C8H8ClNO3S. The van der Waals surface area contributed by atoms with Crippen molar-refractivity contribution < 1.29 is 13.2 Å². The first-order valence-electron chi connectivity index (χ1n) is 3.65. The molecule has 76 valence electrons. The standard InChI is InChI=1S/C8H8ClNO3S/c1-5-2-3-6(14(10,12)13)4-7(5)8(9)11/h2-4H,1H3,(H2,10,12,13). The van der Waals surface area contributed by atoms with E-state index in [1.807, 2.05) is 0 Å². The van der Waals surface area contributed by atoms with E-state index in [2.05, 4.69) is 0 Å². The molecule has 1 aromatic carbocycles. The van der Waals surface area contributed by atoms with Gasteiger partial charge in [0.05, 0.1) is 4.90 Å². The van der Waals surface area contributed by atoms with Crippen molar-refractivity contribution in [3.05, 3.63) is 29.3 Å². The number of hydrogen-bond acceptors (Lipinski definition) is 3. The maximum Gasteiger partial charge on any atom is 0.252 e. The number of aryl methyl sites for hydroxylation is 1. The van der Waals surface area contributed by atoms with Crippen LogP contribution in [0.3, 0.4) is 0 Å². The summed E-state index contributed by atoms with van der Waals surface area (Å²) in [5.74, 6) is 0. The van der Waals surface area contributed by atoms with Gasteiger partial charge in [-0.15, -0.1) is 0 Å². The number of carbonyl (C=O) groups is 1. The maximum absolute atomic E-state index is 10.9. The van der Waals surface area contributed by atoms with Crippen LogP contribution in [0.25, 0.3) is 0 Å². The van der Waals surface area contributed by atoms with Crippen molar-refractivity contribution in [2.24, 2.45) is 5.14 Å². The van der Waals surface area contributed by atoms with Gasteiger partial charge in [-0.2, -0.15) is 0 Å². The quantitative estimate of drug-likeness (QED) is 0.775. The molecular weight excluding hydrogens is 226 g/mol. The molecule has 4 nitrogen and oxygen atoms in total. The van der Waals surface area contributed by atoms with Crippen LogP contribution in [0.4, 0.5) is 0 Å². The zero-order chi connectivity index (χ0) is 10.9. The Kier molecular flexibility index (Phi) is 2.94. The molecule has 0 fully saturated rings. The van der Waals surface area contributed by atoms with E-state index in [9.17, 15) is 13.2 Å². The van der Waals surface area contributed by atoms with Gasteiger partial charge < -0.3 is 0 Å². The SMILES string of the molecule is Cc1ccc(S(N)(=O)=O)cc1C(=O)Cl. The Hall–Kier alpha value is -0.910. The topological polar surface area (TPSA) is 77.2 Å². The van der Waals surface area contributed by atoms with Gasteiger partial charge >= 0.3 is 0 Å². The summed E-state index contributed by atoms with van der Waals surface area (Å²) in [7, 11) is -3.79. The van der Waals surface area contributed by atoms with Crippen LogP contribution >= 0.6 is 11.6 Å². The second kappa shape index (κ2) is 3.68. The molecule has 0 saturated heterocycles. The van der Waals surface area contributed by atoms with Gasteiger partial charge in [-0.25, -0.2) is 13.6 Å². The fourth-order valence-corrected chi connectivity index (χ4v) is 1.73. The first kappa shape index (κ1) is 11.2. The molecule has 1 aromatic rings. The Morgan fingerprint density at radius 1 is 1.43 bits per heavy atom. The van der Waals surface area contributed by atoms with Gasteiger partial charge in [0, 0.05) is 5.56 Å². The molecule has 0 radical (unpaired) electrons. The Labute approximate surface area is 86.7 Å². The first-order chi connectivity index (χ1) is 6.32. The van der Waals surface area contributed by atoms with Gasteiger partial charge in [-0.05, 0) is 36.2 Å². The minimum Gasteiger partial charge on any atom is -0.276 e. The number of benzene rings is 1. The van der Waals surface area contributed by atoms with Crippen LogP contribution in [-0.4, -0.2) is 13.7 Å². The Balaban J connectivity index is 3.42. The molecule has 14 heavy (non-hydrogen) atoms. The third-order valence-corrected chi connectivity index (χ3v) is 2.86. The fourth-order valence-electron chi connectivity index (χ4n) is 0.990. The van der Waals surface area contributed by atoms with Crippen molar-refractivity contribution in [3.63, 3.8) is 0 Å². The summed E-state index contributed by atoms with van der Waals surface area (Å²) in [4.78, 5) is 10.8. The molecule has 0 aliphatic rings. The molecule has 0 spiro atoms. The molecule has 0 bridgehead atoms. The molecule has 2 N–H and O–H groups in total. The zero-order valence-corrected chi connectivity index (χ0v) is 8.89. The van der Waals surface area contributed by atoms with E-state index < -0.39 is 15.3 Å². The second-order valence-corrected chi connectivity index (χ2v) is 4.70. The van der Waals surface area contributed by atoms with Crippen LogP contribution in [0.1, 0.15) is 15.9 Å². The van der Waals surface area contributed by atoms with Crippen LogP contribution in [-0.2, 0) is 10.0 Å². The van der Waals surface area contributed by atoms with Gasteiger partial charge in [0.15, 0.2) is 0 Å². The number of sulfonamides is 1. The van der Waals surface area contributed by atoms with Crippen LogP contribution in [0.2, 0.25) is 0 Å². The summed E-state index contributed by atoms with van der Waals surface area (Å²) in [5, 5.41) is 4.19. The van der Waals surface area contributed by atoms with E-state index in [1.54, 1.807) is 6.92 Å². The molecule has 6 heteroatoms. The number of halogens is 1. The highest BCUT2D eigenvalue weighted by atomic mass is 35.5. The summed E-state index contributed by atoms with van der Waals surface area (Å²) in [6.45, 7) is 1.66. The predicted octanol–water partition coefficient (Wildman–Crippen LogP) is 1.02. The monoisotopic (exact) mass is 233 g/mol. The van der Waals surface area contributed by atoms with Gasteiger partial charge in [0.1, 0.15) is 0 Å². The van der Waals surface area contributed by atoms with Gasteiger partial charge in [0.25, 0.3) is 5.24 Å². The van der Waals surface area contributed by atoms with Crippen molar-refractivity contribution in [2.75, 3.05) is 0 Å². The molecule has 0 saturated carbocycles. The molecule has 0 heterocycles. The number of hydrogen-bond donors (Lipinski definition) is 1. The Bertz CT molecular complexity index is 481. The summed E-state index contributed by atoms with van der Waals surface area (Å²) in [6, 6.07) is 3.98. The highest BCUT2D eigenvalue weighted by Gasteiger charge is 2.12. The smallest absolute Gasteiger partial charge is 0.252 e. The first-order valence-corrected chi connectivity index (χ1v) is 5.58. The lowest BCUT2D eigenvalue weighted by molar-refractivity contribution is 0.108. The van der Waals surface area contributed by atoms with E-state index in [-0.39, 0.29) is 10.5 Å². The van der Waals surface area contributed by atoms with Crippen molar-refractivity contribution in [3.8, 4) is 0 Å². The minimum absolute atomic E-state index is 0.118. The maximum atomic E-state index is 10.9. The predicted molar refractivity (Wildman–Crippen MR) is 52.7 cm³/mol. The Morgan fingerprint density at radius 2 is 2.00 bits per heavy atom. The number of carbonyl (C=O) groups excluding carboxylic acids is 1. The molecule has 0 atom stereocenters. The van der Waals surface area contributed by atoms with E-state index in [4.69, 9.17) is 16.7 Å². The van der Waals surface area contributed by atoms with Gasteiger partial charge in [0.2, 0.25) is 10.0 Å². The molecule has 0 aromatic heterocycles. The summed E-state index contributed by atoms with van der Waals surface area (Å²) < 4.78 is 21.9. The highest BCUT2D eigenvalue weighted by Crippen LogP contribution is 2.16. The van der Waals surface area contributed by atoms with Crippen LogP contribution in [0.15, 0.2) is 23.1 Å². The minimum atomic E-state index is -3.79. The van der Waals surface area contributed by atoms with Crippen molar-refractivity contribution in [2.45, 2.75) is 11.8 Å². The Morgan fingerprint density at radius 3 is 2.43 bits per heavy atom. The van der Waals surface area contributed by atoms with E-state index in [1.165, 1.54) is 18.2 Å². The van der Waals surface area contributed by atoms with E-state index in [0.717, 1.165) is 0 Å². The van der Waals surface area contributed by atoms with Crippen LogP contribution < -0.4 is 5.14 Å². The third-order valence-electron chi connectivity index (χ3n) is 1.75. The lowest BCUT2D eigenvalue weighted by Gasteiger charge is -2.03. The second-order valence-electron chi connectivity index (χ2n) is 2.80. The number of rotatable bonds is 2. The van der Waals surface area contributed by atoms with Crippen molar-refractivity contribution >= 4 is 26.9 Å². The summed E-state index contributed by atoms with van der Waals surface area (Å²) >= 11 is 5.26. The van der Waals surface area contributed by atoms with Crippen molar-refractivity contribution in [1.29, 1.82) is 0 Å². The van der Waals surface area contributed by atoms with Gasteiger partial charge in [-0.3, -0.25) is 4.79 Å². The molecule has 0 unspecified atom stereocenters. The lowest BCUT2D eigenvalue weighted by Crippen LogP contribution is -2.13. The van der Waals surface area contributed by atoms with Crippen LogP contribution in [0.5, 0.6) is 0 Å². The summed E-state index contributed by atoms with van der Waals surface area (Å²) in [6.07, 6.45) is 0. The molecule has 0 aliphatic heterocycles. The summed E-state index contributed by atoms with van der Waals surface area (Å²) in [5.41, 5.74) is 0.760. The van der Waals surface area contributed by atoms with E-state index >= 15 is 0 Å².